The molecule has 1 aromatic carbocycles. The number of likely N-dealkylation sites (tertiary alicyclic amines) is 1. The predicted octanol–water partition coefficient (Wildman–Crippen LogP) is 7.12. The number of thiazole rings is 1. The lowest BCUT2D eigenvalue weighted by atomic mass is 10.1. The number of nitrogens with one attached hydrogen (secondary N) is 2. The first-order valence-corrected chi connectivity index (χ1v) is 15.0. The molecule has 1 fully saturated rings. The van der Waals surface area contributed by atoms with Gasteiger partial charge in [0.15, 0.2) is 10.9 Å². The molecule has 2 atom stereocenters. The van der Waals surface area contributed by atoms with Gasteiger partial charge < -0.3 is 25.0 Å². The van der Waals surface area contributed by atoms with Gasteiger partial charge in [-0.2, -0.15) is 13.2 Å². The highest BCUT2D eigenvalue weighted by Gasteiger charge is 2.37. The molecule has 4 aromatic rings. The first kappa shape index (κ1) is 31.9. The van der Waals surface area contributed by atoms with Crippen LogP contribution in [-0.2, 0) is 15.7 Å². The number of hydrogen-bond acceptors (Lipinski definition) is 10. The monoisotopic (exact) mass is 643 g/mol. The van der Waals surface area contributed by atoms with Gasteiger partial charge in [-0.1, -0.05) is 17.4 Å². The third-order valence-corrected chi connectivity index (χ3v) is 7.79. The summed E-state index contributed by atoms with van der Waals surface area (Å²) < 4.78 is 53.6. The standard InChI is InChI=1S/C30H32F3N7O4S/c1-16(20-8-7-13-40(20)28(42)44-29(3,4)5)36-26-18(11-12-23(38-26)30(31,32)33)19-14-24(35-15-34-19)43-21-9-6-10-22-25(21)39-27(45-22)37-17(2)41/h6,9-12,14-16,20H,7-8,13H2,1-5H3,(H,36,38)(H,37,39,41)/t16-,20-/m0/s1. The van der Waals surface area contributed by atoms with Gasteiger partial charge >= 0.3 is 12.3 Å². The Morgan fingerprint density at radius 3 is 2.60 bits per heavy atom. The smallest absolute Gasteiger partial charge is 0.433 e. The predicted molar refractivity (Wildman–Crippen MR) is 163 cm³/mol. The van der Waals surface area contributed by atoms with Crippen LogP contribution in [0.15, 0.2) is 42.7 Å². The van der Waals surface area contributed by atoms with Gasteiger partial charge in [0.1, 0.15) is 29.0 Å². The molecule has 1 aliphatic rings. The first-order valence-electron chi connectivity index (χ1n) is 14.2. The lowest BCUT2D eigenvalue weighted by molar-refractivity contribution is -0.141. The molecule has 3 aromatic heterocycles. The van der Waals surface area contributed by atoms with Gasteiger partial charge in [-0.25, -0.2) is 24.7 Å². The van der Waals surface area contributed by atoms with E-state index in [0.29, 0.717) is 29.4 Å². The number of fused-ring (bicyclic) bond motifs is 1. The van der Waals surface area contributed by atoms with Gasteiger partial charge in [-0.15, -0.1) is 0 Å². The lowest BCUT2D eigenvalue weighted by Crippen LogP contribution is -2.46. The van der Waals surface area contributed by atoms with Crippen molar-refractivity contribution in [2.45, 2.75) is 71.3 Å². The molecule has 4 heterocycles. The second-order valence-corrected chi connectivity index (χ2v) is 12.6. The first-order chi connectivity index (χ1) is 21.2. The van der Waals surface area contributed by atoms with Gasteiger partial charge in [0.2, 0.25) is 11.8 Å². The molecule has 11 nitrogen and oxygen atoms in total. The molecule has 0 unspecified atom stereocenters. The average molecular weight is 644 g/mol. The molecule has 45 heavy (non-hydrogen) atoms. The van der Waals surface area contributed by atoms with Gasteiger partial charge in [-0.3, -0.25) is 4.79 Å². The van der Waals surface area contributed by atoms with Crippen LogP contribution in [0.25, 0.3) is 21.5 Å². The van der Waals surface area contributed by atoms with Crippen molar-refractivity contribution in [2.24, 2.45) is 0 Å². The van der Waals surface area contributed by atoms with E-state index < -0.39 is 29.6 Å². The number of carbonyl (C=O) groups is 2. The Kier molecular flexibility index (Phi) is 8.83. The molecule has 1 saturated heterocycles. The number of alkyl halides is 3. The van der Waals surface area contributed by atoms with E-state index in [1.165, 1.54) is 36.7 Å². The molecule has 5 rings (SSSR count). The van der Waals surface area contributed by atoms with E-state index in [1.54, 1.807) is 44.7 Å². The normalized spacial score (nSPS) is 16.0. The van der Waals surface area contributed by atoms with Crippen LogP contribution in [0.4, 0.5) is 28.9 Å². The number of carbonyl (C=O) groups excluding carboxylic acids is 2. The minimum atomic E-state index is -4.68. The highest BCUT2D eigenvalue weighted by atomic mass is 32.1. The number of amides is 2. The third kappa shape index (κ3) is 7.59. The molecule has 0 bridgehead atoms. The Morgan fingerprint density at radius 1 is 1.11 bits per heavy atom. The van der Waals surface area contributed by atoms with Gasteiger partial charge in [0.25, 0.3) is 0 Å². The number of aromatic nitrogens is 4. The Bertz CT molecular complexity index is 1720. The summed E-state index contributed by atoms with van der Waals surface area (Å²) in [7, 11) is 0. The molecule has 1 aliphatic heterocycles. The molecule has 0 saturated carbocycles. The largest absolute Gasteiger partial charge is 0.444 e. The summed E-state index contributed by atoms with van der Waals surface area (Å²) in [6, 6.07) is 8.13. The average Bonchev–Trinajstić information content (AvgIpc) is 3.59. The van der Waals surface area contributed by atoms with Crippen molar-refractivity contribution < 1.29 is 32.2 Å². The summed E-state index contributed by atoms with van der Waals surface area (Å²) in [5.41, 5.74) is -0.723. The number of hydrogen-bond donors (Lipinski definition) is 2. The quantitative estimate of drug-likeness (QED) is 0.216. The number of halogens is 3. The van der Waals surface area contributed by atoms with Crippen LogP contribution in [0.3, 0.4) is 0 Å². The van der Waals surface area contributed by atoms with Crippen LogP contribution in [0.5, 0.6) is 11.6 Å². The Labute approximate surface area is 261 Å². The fourth-order valence-electron chi connectivity index (χ4n) is 4.97. The summed E-state index contributed by atoms with van der Waals surface area (Å²) in [6.45, 7) is 8.97. The topological polar surface area (TPSA) is 131 Å². The number of benzene rings is 1. The molecule has 2 amide bonds. The highest BCUT2D eigenvalue weighted by molar-refractivity contribution is 7.22. The maximum absolute atomic E-state index is 13.7. The SMILES string of the molecule is CC(=O)Nc1nc2c(Oc3cc(-c4ccc(C(F)(F)F)nc4N[C@@H](C)[C@@H]4CCCN4C(=O)OC(C)(C)C)ncn3)cccc2s1. The van der Waals surface area contributed by atoms with E-state index in [-0.39, 0.29) is 34.9 Å². The van der Waals surface area contributed by atoms with Gasteiger partial charge in [-0.05, 0) is 64.8 Å². The van der Waals surface area contributed by atoms with Crippen LogP contribution in [0.2, 0.25) is 0 Å². The Balaban J connectivity index is 1.45. The fraction of sp³-hybridized carbons (Fsp3) is 0.400. The van der Waals surface area contributed by atoms with Crippen LogP contribution < -0.4 is 15.4 Å². The molecule has 15 heteroatoms. The number of nitrogens with zero attached hydrogens (tertiary/aromatic N) is 5. The van der Waals surface area contributed by atoms with E-state index in [4.69, 9.17) is 9.47 Å². The maximum Gasteiger partial charge on any atom is 0.433 e. The minimum Gasteiger partial charge on any atom is -0.444 e. The minimum absolute atomic E-state index is 0.0560. The number of ether oxygens (including phenoxy) is 2. The fourth-order valence-corrected chi connectivity index (χ4v) is 5.90. The molecule has 0 aliphatic carbocycles. The van der Waals surface area contributed by atoms with Crippen LogP contribution in [-0.4, -0.2) is 61.1 Å². The zero-order valence-corrected chi connectivity index (χ0v) is 26.0. The number of anilines is 2. The van der Waals surface area contributed by atoms with Crippen molar-refractivity contribution in [3.05, 3.63) is 48.4 Å². The van der Waals surface area contributed by atoms with Gasteiger partial charge in [0, 0.05) is 31.1 Å². The number of rotatable bonds is 7. The zero-order valence-electron chi connectivity index (χ0n) is 25.2. The molecule has 238 valence electrons. The summed E-state index contributed by atoms with van der Waals surface area (Å²) in [5.74, 6) is 0.171. The van der Waals surface area contributed by atoms with Crippen LogP contribution in [0.1, 0.15) is 53.2 Å². The number of para-hydroxylation sites is 1. The van der Waals surface area contributed by atoms with Crippen LogP contribution in [0, 0.1) is 0 Å². The van der Waals surface area contributed by atoms with E-state index in [0.717, 1.165) is 17.2 Å². The summed E-state index contributed by atoms with van der Waals surface area (Å²) in [4.78, 5) is 42.8. The maximum atomic E-state index is 13.7. The molecule has 0 radical (unpaired) electrons. The summed E-state index contributed by atoms with van der Waals surface area (Å²) >= 11 is 1.28. The van der Waals surface area contributed by atoms with Crippen molar-refractivity contribution in [1.29, 1.82) is 0 Å². The third-order valence-electron chi connectivity index (χ3n) is 6.85. The number of pyridine rings is 1. The second-order valence-electron chi connectivity index (χ2n) is 11.6. The summed E-state index contributed by atoms with van der Waals surface area (Å²) in [6.07, 6.45) is -2.56. The zero-order chi connectivity index (χ0) is 32.5. The van der Waals surface area contributed by atoms with Crippen molar-refractivity contribution in [2.75, 3.05) is 17.2 Å². The van der Waals surface area contributed by atoms with E-state index >= 15 is 0 Å². The lowest BCUT2D eigenvalue weighted by Gasteiger charge is -2.32. The van der Waals surface area contributed by atoms with E-state index in [9.17, 15) is 22.8 Å². The van der Waals surface area contributed by atoms with Crippen molar-refractivity contribution in [3.63, 3.8) is 0 Å². The Morgan fingerprint density at radius 2 is 1.89 bits per heavy atom. The molecule has 2 N–H and O–H groups in total. The van der Waals surface area contributed by atoms with E-state index in [2.05, 4.69) is 30.6 Å². The second kappa shape index (κ2) is 12.5. The van der Waals surface area contributed by atoms with Crippen molar-refractivity contribution in [3.8, 4) is 22.9 Å². The molecular weight excluding hydrogens is 611 g/mol. The van der Waals surface area contributed by atoms with Crippen molar-refractivity contribution in [1.82, 2.24) is 24.8 Å². The van der Waals surface area contributed by atoms with E-state index in [1.807, 2.05) is 6.07 Å². The summed E-state index contributed by atoms with van der Waals surface area (Å²) in [5, 5.41) is 6.18. The highest BCUT2D eigenvalue weighted by Crippen LogP contribution is 2.37. The molecule has 0 spiro atoms. The van der Waals surface area contributed by atoms with Crippen LogP contribution >= 0.6 is 11.3 Å². The van der Waals surface area contributed by atoms with Gasteiger partial charge in [0.05, 0.1) is 16.4 Å². The molecular formula is C30H32F3N7O4S. The Hall–Kier alpha value is -4.53. The van der Waals surface area contributed by atoms with Crippen molar-refractivity contribution >= 4 is 44.5 Å².